The van der Waals surface area contributed by atoms with Crippen LogP contribution < -0.4 is 14.8 Å². The summed E-state index contributed by atoms with van der Waals surface area (Å²) in [4.78, 5) is 29.2. The number of carbonyl (C=O) groups excluding carboxylic acids is 2. The number of anilines is 1. The van der Waals surface area contributed by atoms with Crippen molar-refractivity contribution in [1.82, 2.24) is 9.80 Å². The third-order valence-electron chi connectivity index (χ3n) is 5.57. The molecule has 1 atom stereocenters. The van der Waals surface area contributed by atoms with Crippen LogP contribution in [-0.4, -0.2) is 79.1 Å². The van der Waals surface area contributed by atoms with Crippen molar-refractivity contribution in [1.29, 1.82) is 0 Å². The maximum absolute atomic E-state index is 12.8. The Balaban J connectivity index is 1.32. The van der Waals surface area contributed by atoms with E-state index in [-0.39, 0.29) is 22.8 Å². The average molecular weight is 472 g/mol. The highest BCUT2D eigenvalue weighted by atomic mass is 32.2. The Morgan fingerprint density at radius 3 is 2.27 bits per heavy atom. The lowest BCUT2D eigenvalue weighted by atomic mass is 10.2. The summed E-state index contributed by atoms with van der Waals surface area (Å²) < 4.78 is 11.0. The van der Waals surface area contributed by atoms with Gasteiger partial charge in [-0.25, -0.2) is 0 Å². The molecule has 178 valence electrons. The molecule has 1 aliphatic rings. The fourth-order valence-corrected chi connectivity index (χ4v) is 4.28. The van der Waals surface area contributed by atoms with Crippen molar-refractivity contribution in [2.75, 3.05) is 57.5 Å². The Hall–Kier alpha value is -2.71. The molecule has 1 saturated heterocycles. The molecule has 0 aliphatic carbocycles. The number of hydrogen-bond donors (Lipinski definition) is 1. The van der Waals surface area contributed by atoms with E-state index in [2.05, 4.69) is 10.2 Å². The van der Waals surface area contributed by atoms with Gasteiger partial charge in [-0.1, -0.05) is 17.7 Å². The largest absolute Gasteiger partial charge is 0.497 e. The quantitative estimate of drug-likeness (QED) is 0.574. The second kappa shape index (κ2) is 12.5. The fourth-order valence-electron chi connectivity index (χ4n) is 3.52. The Kier molecular flexibility index (Phi) is 9.45. The minimum Gasteiger partial charge on any atom is -0.497 e. The summed E-state index contributed by atoms with van der Waals surface area (Å²) in [6, 6.07) is 15.2. The number of benzene rings is 2. The van der Waals surface area contributed by atoms with Crippen molar-refractivity contribution in [3.63, 3.8) is 0 Å². The first kappa shape index (κ1) is 24.9. The molecule has 1 unspecified atom stereocenters. The number of nitrogens with zero attached hydrogens (tertiary/aromatic N) is 2. The van der Waals surface area contributed by atoms with Crippen LogP contribution in [0, 0.1) is 6.92 Å². The van der Waals surface area contributed by atoms with Gasteiger partial charge < -0.3 is 19.7 Å². The number of methoxy groups -OCH3 is 1. The van der Waals surface area contributed by atoms with E-state index in [0.717, 1.165) is 42.4 Å². The molecule has 2 aromatic carbocycles. The summed E-state index contributed by atoms with van der Waals surface area (Å²) in [5.74, 6) is 1.88. The molecule has 0 aromatic heterocycles. The molecule has 0 spiro atoms. The van der Waals surface area contributed by atoms with Gasteiger partial charge >= 0.3 is 0 Å². The van der Waals surface area contributed by atoms with Crippen LogP contribution in [-0.2, 0) is 9.59 Å². The predicted molar refractivity (Wildman–Crippen MR) is 133 cm³/mol. The average Bonchev–Trinajstić information content (AvgIpc) is 2.84. The smallest absolute Gasteiger partial charge is 0.235 e. The van der Waals surface area contributed by atoms with Gasteiger partial charge in [0, 0.05) is 38.4 Å². The summed E-state index contributed by atoms with van der Waals surface area (Å²) in [6.45, 7) is 8.34. The number of hydrogen-bond acceptors (Lipinski definition) is 6. The van der Waals surface area contributed by atoms with Gasteiger partial charge in [-0.2, -0.15) is 0 Å². The first-order chi connectivity index (χ1) is 15.9. The van der Waals surface area contributed by atoms with Gasteiger partial charge in [0.25, 0.3) is 0 Å². The predicted octanol–water partition coefficient (Wildman–Crippen LogP) is 3.29. The number of rotatable bonds is 10. The van der Waals surface area contributed by atoms with Gasteiger partial charge in [-0.15, -0.1) is 11.8 Å². The molecule has 1 heterocycles. The van der Waals surface area contributed by atoms with Crippen LogP contribution in [0.3, 0.4) is 0 Å². The number of piperazine rings is 1. The number of aryl methyl sites for hydroxylation is 1. The topological polar surface area (TPSA) is 71.1 Å². The van der Waals surface area contributed by atoms with Crippen molar-refractivity contribution >= 4 is 29.3 Å². The summed E-state index contributed by atoms with van der Waals surface area (Å²) >= 11 is 1.38. The van der Waals surface area contributed by atoms with Gasteiger partial charge in [0.15, 0.2) is 0 Å². The molecule has 2 aromatic rings. The summed E-state index contributed by atoms with van der Waals surface area (Å²) in [5, 5.41) is 2.63. The second-order valence-corrected chi connectivity index (χ2v) is 9.39. The van der Waals surface area contributed by atoms with Gasteiger partial charge in [0.2, 0.25) is 11.8 Å². The van der Waals surface area contributed by atoms with E-state index in [4.69, 9.17) is 9.47 Å². The molecule has 0 saturated carbocycles. The van der Waals surface area contributed by atoms with Gasteiger partial charge in [-0.05, 0) is 50.2 Å². The molecule has 1 aliphatic heterocycles. The van der Waals surface area contributed by atoms with E-state index >= 15 is 0 Å². The standard InChI is InChI=1S/C25H33N3O4S/c1-19-4-6-21(7-5-19)26-24(29)18-33-20(2)25(30)28-14-12-27(13-15-28)16-17-32-23-10-8-22(31-3)9-11-23/h4-11,20H,12-18H2,1-3H3,(H,26,29). The maximum atomic E-state index is 12.8. The normalized spacial score (nSPS) is 15.1. The zero-order valence-corrected chi connectivity index (χ0v) is 20.4. The SMILES string of the molecule is COc1ccc(OCCN2CCN(C(=O)C(C)SCC(=O)Nc3ccc(C)cc3)CC2)cc1. The highest BCUT2D eigenvalue weighted by Crippen LogP contribution is 2.18. The van der Waals surface area contributed by atoms with Crippen molar-refractivity contribution in [3.8, 4) is 11.5 Å². The number of nitrogens with one attached hydrogen (secondary N) is 1. The Morgan fingerprint density at radius 2 is 1.64 bits per heavy atom. The molecule has 2 amide bonds. The Labute approximate surface area is 200 Å². The van der Waals surface area contributed by atoms with Crippen molar-refractivity contribution in [2.45, 2.75) is 19.1 Å². The third kappa shape index (κ3) is 7.98. The first-order valence-corrected chi connectivity index (χ1v) is 12.3. The minimum atomic E-state index is -0.251. The van der Waals surface area contributed by atoms with E-state index in [1.54, 1.807) is 7.11 Å². The molecule has 3 rings (SSSR count). The molecule has 8 heteroatoms. The van der Waals surface area contributed by atoms with Crippen molar-refractivity contribution < 1.29 is 19.1 Å². The zero-order chi connectivity index (χ0) is 23.6. The maximum Gasteiger partial charge on any atom is 0.235 e. The number of carbonyl (C=O) groups is 2. The molecule has 33 heavy (non-hydrogen) atoms. The molecule has 1 N–H and O–H groups in total. The lowest BCUT2D eigenvalue weighted by Crippen LogP contribution is -2.51. The van der Waals surface area contributed by atoms with E-state index in [1.807, 2.05) is 67.3 Å². The molecular weight excluding hydrogens is 438 g/mol. The molecule has 1 fully saturated rings. The van der Waals surface area contributed by atoms with Crippen LogP contribution in [0.25, 0.3) is 0 Å². The van der Waals surface area contributed by atoms with Gasteiger partial charge in [-0.3, -0.25) is 14.5 Å². The summed E-state index contributed by atoms with van der Waals surface area (Å²) in [7, 11) is 1.64. The molecular formula is C25H33N3O4S. The van der Waals surface area contributed by atoms with Crippen LogP contribution >= 0.6 is 11.8 Å². The first-order valence-electron chi connectivity index (χ1n) is 11.2. The van der Waals surface area contributed by atoms with Crippen LogP contribution in [0.1, 0.15) is 12.5 Å². The minimum absolute atomic E-state index is 0.0924. The molecule has 0 bridgehead atoms. The summed E-state index contributed by atoms with van der Waals surface area (Å²) in [5.41, 5.74) is 1.92. The van der Waals surface area contributed by atoms with E-state index in [0.29, 0.717) is 19.7 Å². The monoisotopic (exact) mass is 471 g/mol. The lowest BCUT2D eigenvalue weighted by Gasteiger charge is -2.35. The third-order valence-corrected chi connectivity index (χ3v) is 6.70. The summed E-state index contributed by atoms with van der Waals surface area (Å²) in [6.07, 6.45) is 0. The fraction of sp³-hybridized carbons (Fsp3) is 0.440. The van der Waals surface area contributed by atoms with Crippen LogP contribution in [0.2, 0.25) is 0 Å². The van der Waals surface area contributed by atoms with E-state index in [9.17, 15) is 9.59 Å². The molecule has 0 radical (unpaired) electrons. The van der Waals surface area contributed by atoms with Crippen LogP contribution in [0.4, 0.5) is 5.69 Å². The number of ether oxygens (including phenoxy) is 2. The van der Waals surface area contributed by atoms with Gasteiger partial charge in [0.1, 0.15) is 18.1 Å². The Bertz CT molecular complexity index is 897. The van der Waals surface area contributed by atoms with Crippen molar-refractivity contribution in [3.05, 3.63) is 54.1 Å². The van der Waals surface area contributed by atoms with Crippen molar-refractivity contribution in [2.24, 2.45) is 0 Å². The second-order valence-electron chi connectivity index (χ2n) is 8.06. The van der Waals surface area contributed by atoms with Crippen LogP contribution in [0.15, 0.2) is 48.5 Å². The Morgan fingerprint density at radius 1 is 1.00 bits per heavy atom. The molecule has 7 nitrogen and oxygen atoms in total. The highest BCUT2D eigenvalue weighted by Gasteiger charge is 2.25. The zero-order valence-electron chi connectivity index (χ0n) is 19.6. The number of thioether (sulfide) groups is 1. The van der Waals surface area contributed by atoms with E-state index in [1.165, 1.54) is 11.8 Å². The van der Waals surface area contributed by atoms with E-state index < -0.39 is 0 Å². The number of amides is 2. The lowest BCUT2D eigenvalue weighted by molar-refractivity contribution is -0.132. The highest BCUT2D eigenvalue weighted by molar-refractivity contribution is 8.01. The van der Waals surface area contributed by atoms with Gasteiger partial charge in [0.05, 0.1) is 18.1 Å². The van der Waals surface area contributed by atoms with Crippen LogP contribution in [0.5, 0.6) is 11.5 Å².